The number of carbonyl (C=O) groups is 2. The Bertz CT molecular complexity index is 1260. The van der Waals surface area contributed by atoms with Gasteiger partial charge in [0, 0.05) is 6.42 Å². The number of nitrogens with one attached hydrogen (secondary N) is 1. The lowest BCUT2D eigenvalue weighted by Gasteiger charge is -2.24. The monoisotopic (exact) mass is 920 g/mol. The van der Waals surface area contributed by atoms with E-state index in [2.05, 4.69) is 111 Å². The van der Waals surface area contributed by atoms with Crippen LogP contribution in [0.2, 0.25) is 0 Å². The standard InChI is InChI=1S/C60H105NO5/c1-4-7-10-13-16-19-22-25-28-30-32-35-38-41-44-47-50-53-60(65)66-56(51-48-45-42-39-36-33-27-24-21-18-15-12-9-6-3)54-59(64)61-57(55-62)58(63)52-49-46-43-40-37-34-31-29-26-23-20-17-14-11-8-5-2/h9,12,16,18-19,21,25,27-28,32-33,35,41,44,56-58,62-63H,4-8,10-11,13-15,17,20,22-24,26,29-31,34,36-40,42-43,45-55H2,1-3H3,(H,61,64)/b12-9+,19-16-,21-18+,28-25-,33-27+,35-32-,44-41-. The number of esters is 1. The van der Waals surface area contributed by atoms with E-state index in [0.717, 1.165) is 96.3 Å². The minimum Gasteiger partial charge on any atom is -0.462 e. The van der Waals surface area contributed by atoms with Crippen molar-refractivity contribution >= 4 is 11.9 Å². The van der Waals surface area contributed by atoms with E-state index in [-0.39, 0.29) is 24.9 Å². The molecular formula is C60H105NO5. The minimum atomic E-state index is -0.808. The number of hydrogen-bond donors (Lipinski definition) is 3. The molecule has 1 amide bonds. The highest BCUT2D eigenvalue weighted by atomic mass is 16.5. The SMILES string of the molecule is CC/C=C/C/C=C/C/C=C/CCCCCCC(CC(=O)NC(CO)C(O)CCCCCCCCCCCCCCCCCC)OC(=O)CCC/C=C\C/C=C\C/C=C\C/C=C\CCCCC. The molecule has 6 nitrogen and oxygen atoms in total. The molecule has 0 rings (SSSR count). The van der Waals surface area contributed by atoms with Crippen molar-refractivity contribution in [2.75, 3.05) is 6.61 Å². The van der Waals surface area contributed by atoms with Crippen molar-refractivity contribution in [3.63, 3.8) is 0 Å². The number of hydrogen-bond acceptors (Lipinski definition) is 5. The van der Waals surface area contributed by atoms with Gasteiger partial charge in [-0.05, 0) is 96.3 Å². The molecule has 0 fully saturated rings. The average Bonchev–Trinajstić information content (AvgIpc) is 3.31. The fourth-order valence-corrected chi connectivity index (χ4v) is 8.03. The van der Waals surface area contributed by atoms with Gasteiger partial charge < -0.3 is 20.3 Å². The number of rotatable bonds is 49. The van der Waals surface area contributed by atoms with Crippen molar-refractivity contribution in [2.24, 2.45) is 0 Å². The summed E-state index contributed by atoms with van der Waals surface area (Å²) in [6.45, 7) is 6.34. The van der Waals surface area contributed by atoms with Crippen molar-refractivity contribution in [3.05, 3.63) is 85.1 Å². The van der Waals surface area contributed by atoms with Gasteiger partial charge in [0.05, 0.1) is 25.2 Å². The van der Waals surface area contributed by atoms with Gasteiger partial charge in [-0.15, -0.1) is 0 Å². The van der Waals surface area contributed by atoms with Gasteiger partial charge in [0.15, 0.2) is 0 Å². The van der Waals surface area contributed by atoms with Crippen LogP contribution in [-0.4, -0.2) is 46.9 Å². The van der Waals surface area contributed by atoms with Gasteiger partial charge in [-0.2, -0.15) is 0 Å². The molecule has 0 saturated carbocycles. The normalized spacial score (nSPS) is 13.8. The van der Waals surface area contributed by atoms with Crippen LogP contribution in [0, 0.1) is 0 Å². The highest BCUT2D eigenvalue weighted by Crippen LogP contribution is 2.17. The maximum absolute atomic E-state index is 13.2. The highest BCUT2D eigenvalue weighted by Gasteiger charge is 2.24. The maximum atomic E-state index is 13.2. The Balaban J connectivity index is 4.67. The van der Waals surface area contributed by atoms with E-state index in [1.54, 1.807) is 0 Å². The minimum absolute atomic E-state index is 0.0374. The Labute approximate surface area is 408 Å². The van der Waals surface area contributed by atoms with Crippen molar-refractivity contribution < 1.29 is 24.5 Å². The van der Waals surface area contributed by atoms with E-state index >= 15 is 0 Å². The summed E-state index contributed by atoms with van der Waals surface area (Å²) < 4.78 is 5.91. The summed E-state index contributed by atoms with van der Waals surface area (Å²) in [5.41, 5.74) is 0. The van der Waals surface area contributed by atoms with Gasteiger partial charge in [0.1, 0.15) is 6.10 Å². The number of ether oxygens (including phenoxy) is 1. The summed E-state index contributed by atoms with van der Waals surface area (Å²) >= 11 is 0. The molecule has 6 heteroatoms. The Morgan fingerprint density at radius 2 is 0.818 bits per heavy atom. The lowest BCUT2D eigenvalue weighted by atomic mass is 10.0. The van der Waals surface area contributed by atoms with Crippen LogP contribution in [0.15, 0.2) is 85.1 Å². The van der Waals surface area contributed by atoms with Gasteiger partial charge in [0.25, 0.3) is 0 Å². The molecule has 66 heavy (non-hydrogen) atoms. The zero-order valence-corrected chi connectivity index (χ0v) is 43.3. The lowest BCUT2D eigenvalue weighted by molar-refractivity contribution is -0.151. The van der Waals surface area contributed by atoms with Crippen LogP contribution in [0.3, 0.4) is 0 Å². The Morgan fingerprint density at radius 3 is 1.27 bits per heavy atom. The molecule has 0 saturated heterocycles. The molecule has 3 N–H and O–H groups in total. The summed E-state index contributed by atoms with van der Waals surface area (Å²) in [4.78, 5) is 26.2. The molecule has 0 aliphatic heterocycles. The second kappa shape index (κ2) is 53.0. The first-order chi connectivity index (χ1) is 32.5. The molecule has 3 atom stereocenters. The maximum Gasteiger partial charge on any atom is 0.306 e. The molecule has 0 bridgehead atoms. The second-order valence-electron chi connectivity index (χ2n) is 18.6. The highest BCUT2D eigenvalue weighted by molar-refractivity contribution is 5.77. The summed E-state index contributed by atoms with van der Waals surface area (Å²) in [7, 11) is 0. The molecule has 3 unspecified atom stereocenters. The molecular weight excluding hydrogens is 815 g/mol. The fraction of sp³-hybridized carbons (Fsp3) is 0.733. The summed E-state index contributed by atoms with van der Waals surface area (Å²) in [6.07, 6.45) is 69.3. The number of aliphatic hydroxyl groups is 2. The van der Waals surface area contributed by atoms with Gasteiger partial charge in [-0.3, -0.25) is 9.59 Å². The zero-order chi connectivity index (χ0) is 48.1. The third-order valence-corrected chi connectivity index (χ3v) is 12.2. The van der Waals surface area contributed by atoms with E-state index < -0.39 is 18.2 Å². The van der Waals surface area contributed by atoms with Crippen LogP contribution in [-0.2, 0) is 14.3 Å². The first kappa shape index (κ1) is 63.0. The van der Waals surface area contributed by atoms with Crippen molar-refractivity contribution in [3.8, 4) is 0 Å². The first-order valence-corrected chi connectivity index (χ1v) is 27.8. The predicted molar refractivity (Wildman–Crippen MR) is 287 cm³/mol. The van der Waals surface area contributed by atoms with Crippen LogP contribution in [0.1, 0.15) is 258 Å². The van der Waals surface area contributed by atoms with Crippen molar-refractivity contribution in [2.45, 2.75) is 277 Å². The average molecular weight is 921 g/mol. The molecule has 0 radical (unpaired) electrons. The summed E-state index contributed by atoms with van der Waals surface area (Å²) in [5.74, 6) is -0.564. The molecule has 0 aromatic heterocycles. The zero-order valence-electron chi connectivity index (χ0n) is 43.3. The Morgan fingerprint density at radius 1 is 0.455 bits per heavy atom. The third kappa shape index (κ3) is 47.5. The smallest absolute Gasteiger partial charge is 0.306 e. The van der Waals surface area contributed by atoms with Crippen LogP contribution in [0.5, 0.6) is 0 Å². The fourth-order valence-electron chi connectivity index (χ4n) is 8.03. The van der Waals surface area contributed by atoms with Crippen LogP contribution in [0.4, 0.5) is 0 Å². The van der Waals surface area contributed by atoms with Crippen LogP contribution < -0.4 is 5.32 Å². The molecule has 0 heterocycles. The number of allylic oxidation sites excluding steroid dienone is 14. The van der Waals surface area contributed by atoms with Gasteiger partial charge in [-0.1, -0.05) is 234 Å². The van der Waals surface area contributed by atoms with Gasteiger partial charge >= 0.3 is 5.97 Å². The number of amides is 1. The molecule has 0 aliphatic rings. The number of unbranched alkanes of at least 4 members (excludes halogenated alkanes) is 23. The molecule has 0 spiro atoms. The first-order valence-electron chi connectivity index (χ1n) is 27.8. The number of carbonyl (C=O) groups excluding carboxylic acids is 2. The second-order valence-corrected chi connectivity index (χ2v) is 18.6. The third-order valence-electron chi connectivity index (χ3n) is 12.2. The Hall–Kier alpha value is -2.96. The predicted octanol–water partition coefficient (Wildman–Crippen LogP) is 17.1. The van der Waals surface area contributed by atoms with Crippen molar-refractivity contribution in [1.82, 2.24) is 5.32 Å². The van der Waals surface area contributed by atoms with Crippen molar-refractivity contribution in [1.29, 1.82) is 0 Å². The molecule has 0 aromatic rings. The summed E-state index contributed by atoms with van der Waals surface area (Å²) in [6, 6.07) is -0.725. The molecule has 0 aromatic carbocycles. The van der Waals surface area contributed by atoms with E-state index in [4.69, 9.17) is 4.74 Å². The molecule has 380 valence electrons. The van der Waals surface area contributed by atoms with Gasteiger partial charge in [-0.25, -0.2) is 0 Å². The van der Waals surface area contributed by atoms with E-state index in [1.165, 1.54) is 109 Å². The lowest BCUT2D eigenvalue weighted by Crippen LogP contribution is -2.46. The van der Waals surface area contributed by atoms with E-state index in [0.29, 0.717) is 25.7 Å². The van der Waals surface area contributed by atoms with E-state index in [1.807, 2.05) is 0 Å². The van der Waals surface area contributed by atoms with Crippen LogP contribution >= 0.6 is 0 Å². The molecule has 0 aliphatic carbocycles. The number of aliphatic hydroxyl groups excluding tert-OH is 2. The largest absolute Gasteiger partial charge is 0.462 e. The topological polar surface area (TPSA) is 95.9 Å². The quantitative estimate of drug-likeness (QED) is 0.0321. The Kier molecular flexibility index (Phi) is 50.6. The van der Waals surface area contributed by atoms with Gasteiger partial charge in [0.2, 0.25) is 5.91 Å². The summed E-state index contributed by atoms with van der Waals surface area (Å²) in [5, 5.41) is 23.8. The van der Waals surface area contributed by atoms with E-state index in [9.17, 15) is 19.8 Å². The van der Waals surface area contributed by atoms with Crippen LogP contribution in [0.25, 0.3) is 0 Å².